The van der Waals surface area contributed by atoms with Crippen LogP contribution in [0.1, 0.15) is 45.8 Å². The van der Waals surface area contributed by atoms with Gasteiger partial charge in [-0.2, -0.15) is 5.10 Å². The molecule has 0 saturated heterocycles. The number of nitrogens with zero attached hydrogens (tertiary/aromatic N) is 5. The molecule has 0 saturated carbocycles. The van der Waals surface area contributed by atoms with E-state index in [1.54, 1.807) is 11.9 Å². The first-order valence-corrected chi connectivity index (χ1v) is 11.6. The van der Waals surface area contributed by atoms with Crippen molar-refractivity contribution in [2.24, 2.45) is 9.50 Å². The predicted molar refractivity (Wildman–Crippen MR) is 110 cm³/mol. The Morgan fingerprint density at radius 2 is 1.83 bits per heavy atom. The summed E-state index contributed by atoms with van der Waals surface area (Å²) in [5, 5.41) is 12.8. The highest BCUT2D eigenvalue weighted by Crippen LogP contribution is 2.36. The van der Waals surface area contributed by atoms with Crippen LogP contribution in [0, 0.1) is 0 Å². The molecule has 3 N–H and O–H groups in total. The minimum absolute atomic E-state index is 0.0681. The number of carbonyl (C=O) groups is 2. The second-order valence-electron chi connectivity index (χ2n) is 7.95. The summed E-state index contributed by atoms with van der Waals surface area (Å²) in [4.78, 5) is 31.3. The van der Waals surface area contributed by atoms with Crippen LogP contribution in [0.3, 0.4) is 0 Å². The van der Waals surface area contributed by atoms with Gasteiger partial charge in [-0.3, -0.25) is 14.5 Å². The normalized spacial score (nSPS) is 19.1. The van der Waals surface area contributed by atoms with Crippen LogP contribution in [0.25, 0.3) is 0 Å². The van der Waals surface area contributed by atoms with Crippen LogP contribution < -0.4 is 10.5 Å². The zero-order valence-electron chi connectivity index (χ0n) is 16.7. The molecule has 0 fully saturated rings. The number of pyridine rings is 1. The van der Waals surface area contributed by atoms with Crippen molar-refractivity contribution in [3.8, 4) is 0 Å². The van der Waals surface area contributed by atoms with Gasteiger partial charge in [0.2, 0.25) is 0 Å². The third-order valence-corrected chi connectivity index (χ3v) is 7.21. The fourth-order valence-electron chi connectivity index (χ4n) is 4.46. The maximum atomic E-state index is 13.0. The third kappa shape index (κ3) is 3.08. The van der Waals surface area contributed by atoms with E-state index < -0.39 is 15.9 Å². The van der Waals surface area contributed by atoms with E-state index in [-0.39, 0.29) is 16.6 Å². The Hall–Kier alpha value is -2.79. The highest BCUT2D eigenvalue weighted by Gasteiger charge is 2.28. The highest BCUT2D eigenvalue weighted by atomic mass is 32.2. The van der Waals surface area contributed by atoms with Crippen molar-refractivity contribution >= 4 is 27.5 Å². The summed E-state index contributed by atoms with van der Waals surface area (Å²) >= 11 is 0. The molecule has 10 nitrogen and oxygen atoms in total. The van der Waals surface area contributed by atoms with Crippen molar-refractivity contribution in [3.05, 3.63) is 34.3 Å². The van der Waals surface area contributed by atoms with Crippen LogP contribution in [0.2, 0.25) is 0 Å². The molecule has 0 bridgehead atoms. The van der Waals surface area contributed by atoms with Crippen LogP contribution in [-0.2, 0) is 42.1 Å². The Morgan fingerprint density at radius 3 is 2.50 bits per heavy atom. The van der Waals surface area contributed by atoms with Gasteiger partial charge < -0.3 is 10.2 Å². The van der Waals surface area contributed by atoms with E-state index >= 15 is 0 Å². The number of hydrogen-bond acceptors (Lipinski definition) is 5. The van der Waals surface area contributed by atoms with Crippen LogP contribution in [0.15, 0.2) is 15.5 Å². The van der Waals surface area contributed by atoms with Crippen LogP contribution >= 0.6 is 0 Å². The Bertz CT molecular complexity index is 1180. The molecule has 1 atom stereocenters. The molecule has 0 spiro atoms. The van der Waals surface area contributed by atoms with Crippen LogP contribution in [0.4, 0.5) is 10.5 Å². The first kappa shape index (κ1) is 19.2. The van der Waals surface area contributed by atoms with Gasteiger partial charge in [0.05, 0.1) is 12.2 Å². The SMILES string of the molecule is CN1CCn2nc(S(N)(=O)=NC(=O)Nc3c4c(nc5c3CCC5)CCC4)cc2C1=O. The molecule has 0 aromatic carbocycles. The van der Waals surface area contributed by atoms with E-state index in [9.17, 15) is 13.8 Å². The molecule has 2 aliphatic carbocycles. The van der Waals surface area contributed by atoms with E-state index in [1.807, 2.05) is 0 Å². The fourth-order valence-corrected chi connectivity index (χ4v) is 5.34. The molecule has 0 radical (unpaired) electrons. The van der Waals surface area contributed by atoms with Gasteiger partial charge in [0.15, 0.2) is 14.9 Å². The van der Waals surface area contributed by atoms with Crippen molar-refractivity contribution in [2.45, 2.75) is 50.1 Å². The molecule has 1 aliphatic heterocycles. The Balaban J connectivity index is 1.47. The summed E-state index contributed by atoms with van der Waals surface area (Å²) in [5.41, 5.74) is 5.21. The lowest BCUT2D eigenvalue weighted by Gasteiger charge is -2.22. The number of aromatic nitrogens is 3. The highest BCUT2D eigenvalue weighted by molar-refractivity contribution is 7.91. The Labute approximate surface area is 174 Å². The molecular formula is C19H23N7O3S. The van der Waals surface area contributed by atoms with Gasteiger partial charge in [-0.05, 0) is 49.7 Å². The zero-order chi connectivity index (χ0) is 21.0. The molecule has 5 rings (SSSR count). The number of urea groups is 1. The van der Waals surface area contributed by atoms with Crippen molar-refractivity contribution in [1.29, 1.82) is 0 Å². The zero-order valence-corrected chi connectivity index (χ0v) is 17.5. The predicted octanol–water partition coefficient (Wildman–Crippen LogP) is 1.27. The number of amides is 3. The molecule has 158 valence electrons. The lowest BCUT2D eigenvalue weighted by Crippen LogP contribution is -2.37. The van der Waals surface area contributed by atoms with Crippen LogP contribution in [-0.4, -0.2) is 49.4 Å². The number of carbonyl (C=O) groups excluding carboxylic acids is 2. The van der Waals surface area contributed by atoms with Gasteiger partial charge in [-0.1, -0.05) is 0 Å². The first-order valence-electron chi connectivity index (χ1n) is 10.1. The Kier molecular flexibility index (Phi) is 4.40. The first-order chi connectivity index (χ1) is 14.3. The number of nitrogens with two attached hydrogens (primary N) is 1. The van der Waals surface area contributed by atoms with Crippen molar-refractivity contribution in [2.75, 3.05) is 18.9 Å². The quantitative estimate of drug-likeness (QED) is 0.741. The van der Waals surface area contributed by atoms with Crippen LogP contribution in [0.5, 0.6) is 0 Å². The monoisotopic (exact) mass is 429 g/mol. The average Bonchev–Trinajstić information content (AvgIpc) is 3.42. The second-order valence-corrected chi connectivity index (χ2v) is 9.69. The number of anilines is 1. The number of aryl methyl sites for hydroxylation is 2. The molecule has 3 aliphatic rings. The maximum absolute atomic E-state index is 13.0. The lowest BCUT2D eigenvalue weighted by molar-refractivity contribution is 0.0742. The van der Waals surface area contributed by atoms with Crippen molar-refractivity contribution in [1.82, 2.24) is 19.7 Å². The van der Waals surface area contributed by atoms with Gasteiger partial charge in [-0.25, -0.2) is 14.1 Å². The van der Waals surface area contributed by atoms with E-state index in [0.29, 0.717) is 13.1 Å². The number of likely N-dealkylation sites (N-methyl/N-ethyl adjacent to an activating group) is 1. The second kappa shape index (κ2) is 6.88. The fraction of sp³-hybridized carbons (Fsp3) is 0.474. The van der Waals surface area contributed by atoms with Gasteiger partial charge >= 0.3 is 6.03 Å². The number of fused-ring (bicyclic) bond motifs is 3. The molecule has 3 heterocycles. The summed E-state index contributed by atoms with van der Waals surface area (Å²) in [5.74, 6) is -0.234. The van der Waals surface area contributed by atoms with Gasteiger partial charge in [-0.15, -0.1) is 4.36 Å². The molecule has 30 heavy (non-hydrogen) atoms. The molecule has 11 heteroatoms. The molecule has 2 aromatic rings. The minimum Gasteiger partial charge on any atom is -0.339 e. The Morgan fingerprint density at radius 1 is 1.17 bits per heavy atom. The molecule has 3 amide bonds. The topological polar surface area (TPSA) is 136 Å². The van der Waals surface area contributed by atoms with E-state index in [0.717, 1.165) is 66.7 Å². The standard InChI is InChI=1S/C19H23N7O3S/c1-25-8-9-26-15(18(25)27)10-16(23-26)30(20,29)24-19(28)22-17-11-4-2-6-13(11)21-14-7-3-5-12(14)17/h10H,2-9H2,1H3,(H3,20,21,22,24,28,29). The van der Waals surface area contributed by atoms with Gasteiger partial charge in [0, 0.05) is 31.0 Å². The molecule has 2 aromatic heterocycles. The summed E-state index contributed by atoms with van der Waals surface area (Å²) in [6.07, 6.45) is 5.51. The number of hydrogen-bond donors (Lipinski definition) is 2. The van der Waals surface area contributed by atoms with Gasteiger partial charge in [0.1, 0.15) is 5.69 Å². The number of nitrogens with one attached hydrogen (secondary N) is 1. The summed E-state index contributed by atoms with van der Waals surface area (Å²) in [6.45, 7) is 0.961. The van der Waals surface area contributed by atoms with E-state index in [4.69, 9.17) is 10.1 Å². The average molecular weight is 430 g/mol. The lowest BCUT2D eigenvalue weighted by atomic mass is 10.1. The summed E-state index contributed by atoms with van der Waals surface area (Å²) < 4.78 is 18.2. The van der Waals surface area contributed by atoms with Crippen molar-refractivity contribution < 1.29 is 13.8 Å². The molecule has 1 unspecified atom stereocenters. The smallest absolute Gasteiger partial charge is 0.339 e. The maximum Gasteiger partial charge on any atom is 0.354 e. The van der Waals surface area contributed by atoms with E-state index in [1.165, 1.54) is 10.7 Å². The molecular weight excluding hydrogens is 406 g/mol. The summed E-state index contributed by atoms with van der Waals surface area (Å²) in [7, 11) is -1.92. The largest absolute Gasteiger partial charge is 0.354 e. The minimum atomic E-state index is -3.60. The van der Waals surface area contributed by atoms with Crippen molar-refractivity contribution in [3.63, 3.8) is 0 Å². The third-order valence-electron chi connectivity index (χ3n) is 5.97. The van der Waals surface area contributed by atoms with E-state index in [2.05, 4.69) is 14.8 Å². The number of rotatable bonds is 2. The van der Waals surface area contributed by atoms with Gasteiger partial charge in [0.25, 0.3) is 5.91 Å². The summed E-state index contributed by atoms with van der Waals surface area (Å²) in [6, 6.07) is 0.588.